The first-order valence-corrected chi connectivity index (χ1v) is 4.40. The van der Waals surface area contributed by atoms with E-state index in [4.69, 9.17) is 10.5 Å². The number of amides is 1. The van der Waals surface area contributed by atoms with Gasteiger partial charge in [0.05, 0.1) is 0 Å². The van der Waals surface area contributed by atoms with Crippen LogP contribution in [0.3, 0.4) is 0 Å². The molecule has 0 fully saturated rings. The van der Waals surface area contributed by atoms with Crippen molar-refractivity contribution in [2.24, 2.45) is 5.73 Å². The van der Waals surface area contributed by atoms with Crippen molar-refractivity contribution in [3.05, 3.63) is 12.2 Å². The molecule has 0 aromatic rings. The Balaban J connectivity index is 2.35. The topological polar surface area (TPSA) is 52.3 Å². The predicted octanol–water partition coefficient (Wildman–Crippen LogP) is 1.97. The Bertz CT molecular complexity index is 177. The van der Waals surface area contributed by atoms with E-state index in [0.717, 1.165) is 25.7 Å². The van der Waals surface area contributed by atoms with Crippen molar-refractivity contribution in [1.82, 2.24) is 0 Å². The van der Waals surface area contributed by atoms with Crippen LogP contribution in [0.4, 0.5) is 4.79 Å². The van der Waals surface area contributed by atoms with Crippen LogP contribution in [0.5, 0.6) is 0 Å². The number of hydrogen-bond acceptors (Lipinski definition) is 2. The number of ether oxygens (including phenoxy) is 1. The highest BCUT2D eigenvalue weighted by molar-refractivity contribution is 5.64. The highest BCUT2D eigenvalue weighted by Crippen LogP contribution is 2.14. The maximum atomic E-state index is 10.4. The normalized spacial score (nSPS) is 24.2. The fourth-order valence-corrected chi connectivity index (χ4v) is 1.39. The Kier molecular flexibility index (Phi) is 3.64. The van der Waals surface area contributed by atoms with Gasteiger partial charge in [0.2, 0.25) is 0 Å². The zero-order chi connectivity index (χ0) is 8.81. The number of carbonyl (C=O) groups excluding carboxylic acids is 1. The summed E-state index contributed by atoms with van der Waals surface area (Å²) in [5.41, 5.74) is 4.93. The third-order valence-corrected chi connectivity index (χ3v) is 2.00. The Labute approximate surface area is 72.6 Å². The monoisotopic (exact) mass is 169 g/mol. The molecule has 0 radical (unpaired) electrons. The minimum atomic E-state index is -0.658. The Morgan fingerprint density at radius 2 is 2.25 bits per heavy atom. The van der Waals surface area contributed by atoms with Gasteiger partial charge >= 0.3 is 6.09 Å². The fourth-order valence-electron chi connectivity index (χ4n) is 1.39. The Morgan fingerprint density at radius 3 is 3.00 bits per heavy atom. The fraction of sp³-hybridized carbons (Fsp3) is 0.667. The summed E-state index contributed by atoms with van der Waals surface area (Å²) in [5.74, 6) is 0. The quantitative estimate of drug-likeness (QED) is 0.610. The molecule has 0 spiro atoms. The molecule has 1 rings (SSSR count). The van der Waals surface area contributed by atoms with Crippen molar-refractivity contribution < 1.29 is 9.53 Å². The molecule has 3 heteroatoms. The smallest absolute Gasteiger partial charge is 0.404 e. The molecule has 0 aromatic heterocycles. The van der Waals surface area contributed by atoms with Crippen molar-refractivity contribution in [2.75, 3.05) is 0 Å². The van der Waals surface area contributed by atoms with E-state index in [9.17, 15) is 4.79 Å². The van der Waals surface area contributed by atoms with Crippen molar-refractivity contribution >= 4 is 6.09 Å². The predicted molar refractivity (Wildman–Crippen MR) is 46.7 cm³/mol. The summed E-state index contributed by atoms with van der Waals surface area (Å²) < 4.78 is 4.91. The van der Waals surface area contributed by atoms with E-state index in [-0.39, 0.29) is 6.10 Å². The van der Waals surface area contributed by atoms with Crippen LogP contribution in [0.2, 0.25) is 0 Å². The van der Waals surface area contributed by atoms with Gasteiger partial charge in [0.25, 0.3) is 0 Å². The summed E-state index contributed by atoms with van der Waals surface area (Å²) in [6.07, 6.45) is 8.72. The maximum Gasteiger partial charge on any atom is 0.404 e. The molecular weight excluding hydrogens is 154 g/mol. The van der Waals surface area contributed by atoms with Gasteiger partial charge in [0.1, 0.15) is 6.10 Å². The molecule has 0 bridgehead atoms. The van der Waals surface area contributed by atoms with Gasteiger partial charge < -0.3 is 10.5 Å². The van der Waals surface area contributed by atoms with Crippen LogP contribution in [0.1, 0.15) is 32.1 Å². The van der Waals surface area contributed by atoms with E-state index < -0.39 is 6.09 Å². The Morgan fingerprint density at radius 1 is 1.42 bits per heavy atom. The van der Waals surface area contributed by atoms with Crippen LogP contribution in [0, 0.1) is 0 Å². The molecule has 0 saturated carbocycles. The van der Waals surface area contributed by atoms with Gasteiger partial charge in [0, 0.05) is 6.42 Å². The van der Waals surface area contributed by atoms with E-state index in [1.807, 2.05) is 0 Å². The third-order valence-electron chi connectivity index (χ3n) is 2.00. The van der Waals surface area contributed by atoms with Crippen LogP contribution in [0.15, 0.2) is 12.2 Å². The summed E-state index contributed by atoms with van der Waals surface area (Å²) in [4.78, 5) is 10.4. The van der Waals surface area contributed by atoms with Crippen molar-refractivity contribution in [3.8, 4) is 0 Å². The van der Waals surface area contributed by atoms with Crippen LogP contribution < -0.4 is 5.73 Å². The van der Waals surface area contributed by atoms with E-state index in [1.54, 1.807) is 0 Å². The first-order valence-electron chi connectivity index (χ1n) is 4.40. The van der Waals surface area contributed by atoms with Gasteiger partial charge in [-0.25, -0.2) is 4.79 Å². The average molecular weight is 169 g/mol. The molecule has 0 aliphatic heterocycles. The first kappa shape index (κ1) is 9.10. The molecule has 68 valence electrons. The van der Waals surface area contributed by atoms with Gasteiger partial charge in [-0.15, -0.1) is 0 Å². The van der Waals surface area contributed by atoms with Gasteiger partial charge in [0.15, 0.2) is 0 Å². The summed E-state index contributed by atoms with van der Waals surface area (Å²) >= 11 is 0. The van der Waals surface area contributed by atoms with Crippen LogP contribution in [0.25, 0.3) is 0 Å². The van der Waals surface area contributed by atoms with Gasteiger partial charge in [-0.2, -0.15) is 0 Å². The second-order valence-electron chi connectivity index (χ2n) is 3.05. The minimum Gasteiger partial charge on any atom is -0.446 e. The molecule has 1 atom stereocenters. The van der Waals surface area contributed by atoms with Gasteiger partial charge in [-0.3, -0.25) is 0 Å². The van der Waals surface area contributed by atoms with Crippen LogP contribution in [-0.4, -0.2) is 12.2 Å². The number of primary amides is 1. The summed E-state index contributed by atoms with van der Waals surface area (Å²) in [6.45, 7) is 0. The number of rotatable bonds is 1. The van der Waals surface area contributed by atoms with Crippen molar-refractivity contribution in [1.29, 1.82) is 0 Å². The molecule has 2 N–H and O–H groups in total. The molecule has 0 aromatic carbocycles. The largest absolute Gasteiger partial charge is 0.446 e. The number of nitrogens with two attached hydrogens (primary N) is 1. The van der Waals surface area contributed by atoms with Crippen LogP contribution >= 0.6 is 0 Å². The lowest BCUT2D eigenvalue weighted by Crippen LogP contribution is -2.22. The zero-order valence-corrected chi connectivity index (χ0v) is 7.16. The van der Waals surface area contributed by atoms with Crippen molar-refractivity contribution in [2.45, 2.75) is 38.2 Å². The molecule has 1 unspecified atom stereocenters. The SMILES string of the molecule is NC(=O)OC1CC=CCCCC1. The lowest BCUT2D eigenvalue weighted by molar-refractivity contribution is 0.100. The maximum absolute atomic E-state index is 10.4. The second-order valence-corrected chi connectivity index (χ2v) is 3.05. The van der Waals surface area contributed by atoms with E-state index >= 15 is 0 Å². The molecule has 0 saturated heterocycles. The number of hydrogen-bond donors (Lipinski definition) is 1. The molecule has 1 aliphatic rings. The van der Waals surface area contributed by atoms with Gasteiger partial charge in [-0.05, 0) is 25.7 Å². The standard InChI is InChI=1S/C9H15NO2/c10-9(11)12-8-6-4-2-1-3-5-7-8/h2,4,8H,1,3,5-7H2,(H2,10,11). The summed E-state index contributed by atoms with van der Waals surface area (Å²) in [7, 11) is 0. The molecule has 0 heterocycles. The average Bonchev–Trinajstić information content (AvgIpc) is 1.93. The second kappa shape index (κ2) is 4.80. The molecule has 12 heavy (non-hydrogen) atoms. The first-order chi connectivity index (χ1) is 5.79. The van der Waals surface area contributed by atoms with E-state index in [2.05, 4.69) is 12.2 Å². The number of allylic oxidation sites excluding steroid dienone is 1. The zero-order valence-electron chi connectivity index (χ0n) is 7.16. The highest BCUT2D eigenvalue weighted by atomic mass is 16.6. The highest BCUT2D eigenvalue weighted by Gasteiger charge is 2.11. The van der Waals surface area contributed by atoms with Crippen LogP contribution in [-0.2, 0) is 4.74 Å². The number of carbonyl (C=O) groups is 1. The van der Waals surface area contributed by atoms with E-state index in [1.165, 1.54) is 6.42 Å². The molecule has 1 aliphatic carbocycles. The van der Waals surface area contributed by atoms with E-state index in [0.29, 0.717) is 0 Å². The lowest BCUT2D eigenvalue weighted by Gasteiger charge is -2.15. The Hall–Kier alpha value is -0.990. The summed E-state index contributed by atoms with van der Waals surface area (Å²) in [5, 5.41) is 0. The minimum absolute atomic E-state index is 0.000880. The molecule has 1 amide bonds. The summed E-state index contributed by atoms with van der Waals surface area (Å²) in [6, 6.07) is 0. The molecular formula is C9H15NO2. The third kappa shape index (κ3) is 3.42. The van der Waals surface area contributed by atoms with Crippen molar-refractivity contribution in [3.63, 3.8) is 0 Å². The van der Waals surface area contributed by atoms with Gasteiger partial charge in [-0.1, -0.05) is 12.2 Å². The molecule has 3 nitrogen and oxygen atoms in total. The lowest BCUT2D eigenvalue weighted by atomic mass is 10.0.